The van der Waals surface area contributed by atoms with E-state index in [1.54, 1.807) is 36.5 Å². The second-order valence-corrected chi connectivity index (χ2v) is 9.23. The van der Waals surface area contributed by atoms with Gasteiger partial charge in [0.2, 0.25) is 5.95 Å². The van der Waals surface area contributed by atoms with Crippen molar-refractivity contribution >= 4 is 52.4 Å². The van der Waals surface area contributed by atoms with Gasteiger partial charge in [0, 0.05) is 37.1 Å². The monoisotopic (exact) mass is 564 g/mol. The molecule has 208 valence electrons. The number of ether oxygens (including phenoxy) is 1. The lowest BCUT2D eigenvalue weighted by molar-refractivity contribution is 0.0957. The van der Waals surface area contributed by atoms with Gasteiger partial charge in [0.15, 0.2) is 11.6 Å². The molecule has 0 aliphatic carbocycles. The third-order valence-electron chi connectivity index (χ3n) is 6.00. The van der Waals surface area contributed by atoms with E-state index in [4.69, 9.17) is 16.3 Å². The average Bonchev–Trinajstić information content (AvgIpc) is 2.96. The molecule has 40 heavy (non-hydrogen) atoms. The maximum absolute atomic E-state index is 14.2. The second-order valence-electron chi connectivity index (χ2n) is 8.79. The van der Waals surface area contributed by atoms with Crippen molar-refractivity contribution in [2.45, 2.75) is 13.8 Å². The molecular weight excluding hydrogens is 535 g/mol. The van der Waals surface area contributed by atoms with E-state index in [0.29, 0.717) is 37.0 Å². The molecular formula is C28H30ClFN8O2. The van der Waals surface area contributed by atoms with E-state index in [1.807, 2.05) is 44.2 Å². The first-order valence-electron chi connectivity index (χ1n) is 12.6. The molecule has 12 heteroatoms. The topological polar surface area (TPSA) is 117 Å². The van der Waals surface area contributed by atoms with Gasteiger partial charge in [-0.25, -0.2) is 14.4 Å². The number of nitrogens with zero attached hydrogens (tertiary/aromatic N) is 5. The Kier molecular flexibility index (Phi) is 9.76. The Morgan fingerprint density at radius 2 is 1.95 bits per heavy atom. The van der Waals surface area contributed by atoms with Crippen LogP contribution in [0.15, 0.2) is 65.4 Å². The van der Waals surface area contributed by atoms with Crippen LogP contribution >= 0.6 is 11.6 Å². The Morgan fingerprint density at radius 1 is 1.15 bits per heavy atom. The zero-order valence-electron chi connectivity index (χ0n) is 22.4. The van der Waals surface area contributed by atoms with E-state index in [-0.39, 0.29) is 17.5 Å². The van der Waals surface area contributed by atoms with Crippen LogP contribution in [0.3, 0.4) is 0 Å². The summed E-state index contributed by atoms with van der Waals surface area (Å²) in [6.45, 7) is 5.99. The number of hydrazine groups is 1. The number of hydrogen-bond acceptors (Lipinski definition) is 9. The number of aromatic nitrogens is 3. The number of amides is 1. The van der Waals surface area contributed by atoms with Gasteiger partial charge < -0.3 is 15.0 Å². The molecule has 2 aromatic heterocycles. The van der Waals surface area contributed by atoms with Gasteiger partial charge in [0.1, 0.15) is 5.69 Å². The van der Waals surface area contributed by atoms with E-state index in [1.165, 1.54) is 0 Å². The molecule has 1 saturated heterocycles. The Balaban J connectivity index is 1.40. The maximum atomic E-state index is 14.2. The minimum Gasteiger partial charge on any atom is -0.378 e. The highest BCUT2D eigenvalue weighted by Crippen LogP contribution is 2.30. The highest BCUT2D eigenvalue weighted by molar-refractivity contribution is 6.31. The molecule has 3 heterocycles. The smallest absolute Gasteiger partial charge is 0.288 e. The number of rotatable bonds is 9. The van der Waals surface area contributed by atoms with E-state index >= 15 is 0 Å². The van der Waals surface area contributed by atoms with E-state index in [9.17, 15) is 9.18 Å². The Morgan fingerprint density at radius 3 is 2.65 bits per heavy atom. The van der Waals surface area contributed by atoms with Gasteiger partial charge in [-0.05, 0) is 67.0 Å². The largest absolute Gasteiger partial charge is 0.378 e. The number of nitrogens with one attached hydrogen (secondary N) is 3. The summed E-state index contributed by atoms with van der Waals surface area (Å²) in [6.07, 6.45) is 8.31. The van der Waals surface area contributed by atoms with Crippen molar-refractivity contribution in [3.8, 4) is 0 Å². The molecule has 1 aliphatic heterocycles. The van der Waals surface area contributed by atoms with Crippen molar-refractivity contribution in [1.29, 1.82) is 0 Å². The zero-order chi connectivity index (χ0) is 28.5. The number of aliphatic imine (C=N–C) groups is 1. The van der Waals surface area contributed by atoms with Gasteiger partial charge in [0.25, 0.3) is 5.91 Å². The number of carbonyl (C=O) groups is 1. The quantitative estimate of drug-likeness (QED) is 0.188. The van der Waals surface area contributed by atoms with Crippen LogP contribution in [0.25, 0.3) is 5.57 Å². The van der Waals surface area contributed by atoms with Crippen molar-refractivity contribution < 1.29 is 13.9 Å². The number of pyridine rings is 1. The van der Waals surface area contributed by atoms with E-state index in [2.05, 4.69) is 36.1 Å². The normalized spacial score (nSPS) is 14.4. The highest BCUT2D eigenvalue weighted by Gasteiger charge is 2.18. The molecule has 1 fully saturated rings. The van der Waals surface area contributed by atoms with E-state index in [0.717, 1.165) is 28.6 Å². The van der Waals surface area contributed by atoms with Gasteiger partial charge in [0.05, 0.1) is 31.3 Å². The van der Waals surface area contributed by atoms with Gasteiger partial charge in [-0.1, -0.05) is 17.7 Å². The molecule has 0 unspecified atom stereocenters. The van der Waals surface area contributed by atoms with Crippen molar-refractivity contribution in [3.05, 3.63) is 82.5 Å². The molecule has 1 aliphatic rings. The molecule has 1 aromatic carbocycles. The van der Waals surface area contributed by atoms with Crippen LogP contribution in [0.5, 0.6) is 0 Å². The molecule has 0 saturated carbocycles. The van der Waals surface area contributed by atoms with Crippen LogP contribution < -0.4 is 21.1 Å². The fraction of sp³-hybridized carbons (Fsp3) is 0.250. The number of carbonyl (C=O) groups excluding carboxylic acids is 1. The summed E-state index contributed by atoms with van der Waals surface area (Å²) in [4.78, 5) is 30.7. The second kappa shape index (κ2) is 13.6. The minimum absolute atomic E-state index is 0.0545. The molecule has 0 bridgehead atoms. The summed E-state index contributed by atoms with van der Waals surface area (Å²) < 4.78 is 19.5. The van der Waals surface area contributed by atoms with Crippen molar-refractivity contribution in [2.24, 2.45) is 4.99 Å². The lowest BCUT2D eigenvalue weighted by atomic mass is 9.98. The predicted octanol–water partition coefficient (Wildman–Crippen LogP) is 5.05. The molecule has 3 N–H and O–H groups in total. The molecule has 4 rings (SSSR count). The molecule has 0 radical (unpaired) electrons. The van der Waals surface area contributed by atoms with Crippen LogP contribution in [0, 0.1) is 5.82 Å². The lowest BCUT2D eigenvalue weighted by Gasteiger charge is -2.28. The van der Waals surface area contributed by atoms with Gasteiger partial charge in [-0.3, -0.25) is 20.6 Å². The van der Waals surface area contributed by atoms with Gasteiger partial charge in [-0.15, -0.1) is 0 Å². The molecule has 3 aromatic rings. The van der Waals surface area contributed by atoms with E-state index < -0.39 is 11.7 Å². The van der Waals surface area contributed by atoms with Crippen molar-refractivity contribution in [1.82, 2.24) is 20.4 Å². The SMILES string of the molecule is CC=C(/C(C)=C\C=NC)c1cc(Cl)cc(Nc2ccc(C(=O)NNc3ncc(F)c(N4CCOCC4)n3)nc2)c1. The third kappa shape index (κ3) is 7.39. The number of anilines is 4. The van der Waals surface area contributed by atoms with Crippen molar-refractivity contribution in [3.63, 3.8) is 0 Å². The molecule has 0 atom stereocenters. The van der Waals surface area contributed by atoms with Crippen molar-refractivity contribution in [2.75, 3.05) is 49.0 Å². The summed E-state index contributed by atoms with van der Waals surface area (Å²) in [7, 11) is 1.72. The van der Waals surface area contributed by atoms with Crippen LogP contribution in [0.1, 0.15) is 29.9 Å². The number of allylic oxidation sites excluding steroid dienone is 4. The average molecular weight is 565 g/mol. The predicted molar refractivity (Wildman–Crippen MR) is 157 cm³/mol. The highest BCUT2D eigenvalue weighted by atomic mass is 35.5. The Bertz CT molecular complexity index is 1440. The lowest BCUT2D eigenvalue weighted by Crippen LogP contribution is -2.38. The fourth-order valence-corrected chi connectivity index (χ4v) is 4.31. The summed E-state index contributed by atoms with van der Waals surface area (Å²) >= 11 is 6.41. The summed E-state index contributed by atoms with van der Waals surface area (Å²) in [5.41, 5.74) is 9.74. The number of halogens is 2. The Hall–Kier alpha value is -4.35. The van der Waals surface area contributed by atoms with Crippen LogP contribution in [-0.4, -0.2) is 60.4 Å². The molecule has 0 spiro atoms. The van der Waals surface area contributed by atoms with Gasteiger partial charge >= 0.3 is 0 Å². The summed E-state index contributed by atoms with van der Waals surface area (Å²) in [5, 5.41) is 3.85. The van der Waals surface area contributed by atoms with Gasteiger partial charge in [-0.2, -0.15) is 4.98 Å². The summed E-state index contributed by atoms with van der Waals surface area (Å²) in [5.74, 6) is -0.850. The van der Waals surface area contributed by atoms with Crippen LogP contribution in [-0.2, 0) is 4.74 Å². The zero-order valence-corrected chi connectivity index (χ0v) is 23.2. The van der Waals surface area contributed by atoms with Crippen LogP contribution in [0.4, 0.5) is 27.5 Å². The summed E-state index contributed by atoms with van der Waals surface area (Å²) in [6, 6.07) is 9.00. The maximum Gasteiger partial charge on any atom is 0.288 e. The first kappa shape index (κ1) is 28.7. The van der Waals surface area contributed by atoms with Crippen LogP contribution in [0.2, 0.25) is 5.02 Å². The Labute approximate surface area is 237 Å². The fourth-order valence-electron chi connectivity index (χ4n) is 4.08. The molecule has 10 nitrogen and oxygen atoms in total. The number of benzene rings is 1. The number of morpholine rings is 1. The minimum atomic E-state index is -0.546. The standard InChI is InChI=1S/C28H30ClFN8O2/c1-4-23(18(2)7-8-31-3)19-13-20(29)15-22(14-19)34-21-5-6-25(32-16-21)27(39)36-37-28-33-17-24(30)26(35-28)38-9-11-40-12-10-38/h4-8,13-17,34H,9-12H2,1-3H3,(H,36,39)(H,33,35,37)/b18-7-,23-4?,31-8?. The first-order valence-corrected chi connectivity index (χ1v) is 13.0. The molecule has 1 amide bonds. The number of hydrogen-bond donors (Lipinski definition) is 3. The first-order chi connectivity index (χ1) is 19.4. The third-order valence-corrected chi connectivity index (χ3v) is 6.22.